The minimum absolute atomic E-state index is 0.00330. The number of sulfonamides is 1. The number of benzene rings is 2. The van der Waals surface area contributed by atoms with E-state index >= 15 is 0 Å². The first kappa shape index (κ1) is 17.7. The third kappa shape index (κ3) is 3.00. The van der Waals surface area contributed by atoms with E-state index in [9.17, 15) is 18.0 Å². The Kier molecular flexibility index (Phi) is 4.24. The Morgan fingerprint density at radius 3 is 2.07 bits per heavy atom. The highest BCUT2D eigenvalue weighted by molar-refractivity contribution is 7.89. The van der Waals surface area contributed by atoms with Crippen LogP contribution in [0.2, 0.25) is 0 Å². The van der Waals surface area contributed by atoms with Crippen LogP contribution in [0.25, 0.3) is 0 Å². The maximum absolute atomic E-state index is 12.7. The van der Waals surface area contributed by atoms with Crippen molar-refractivity contribution in [3.05, 3.63) is 65.2 Å². The van der Waals surface area contributed by atoms with Gasteiger partial charge in [0.1, 0.15) is 0 Å². The predicted molar refractivity (Wildman–Crippen MR) is 96.6 cm³/mol. The number of fused-ring (bicyclic) bond motifs is 5. The second-order valence-electron chi connectivity index (χ2n) is 6.69. The number of nitrogens with one attached hydrogen (secondary N) is 1. The molecule has 1 amide bonds. The minimum atomic E-state index is -3.90. The quantitative estimate of drug-likeness (QED) is 0.819. The van der Waals surface area contributed by atoms with E-state index in [-0.39, 0.29) is 35.0 Å². The maximum Gasteiger partial charge on any atom is 0.335 e. The number of hydrogen-bond acceptors (Lipinski definition) is 4. The number of carboxylic acid groups (broad SMARTS) is 1. The molecule has 7 nitrogen and oxygen atoms in total. The van der Waals surface area contributed by atoms with Crippen molar-refractivity contribution in [2.45, 2.75) is 29.8 Å². The molecule has 8 heteroatoms. The van der Waals surface area contributed by atoms with E-state index in [0.717, 1.165) is 24.0 Å². The molecule has 2 N–H and O–H groups in total. The molecule has 140 valence electrons. The molecule has 2 bridgehead atoms. The highest BCUT2D eigenvalue weighted by atomic mass is 32.2. The second-order valence-corrected chi connectivity index (χ2v) is 8.46. The lowest BCUT2D eigenvalue weighted by atomic mass is 9.92. The molecule has 2 heterocycles. The fourth-order valence-electron chi connectivity index (χ4n) is 4.00. The Balaban J connectivity index is 1.46. The molecule has 2 aromatic rings. The van der Waals surface area contributed by atoms with Gasteiger partial charge in [0.25, 0.3) is 0 Å². The first-order chi connectivity index (χ1) is 12.9. The maximum atomic E-state index is 12.7. The van der Waals surface area contributed by atoms with Crippen molar-refractivity contribution in [1.82, 2.24) is 9.62 Å². The van der Waals surface area contributed by atoms with E-state index in [1.807, 2.05) is 24.3 Å². The van der Waals surface area contributed by atoms with Gasteiger partial charge in [0.2, 0.25) is 15.9 Å². The molecule has 1 fully saturated rings. The molecular weight excluding hydrogens is 368 g/mol. The Labute approximate surface area is 156 Å². The van der Waals surface area contributed by atoms with Crippen LogP contribution in [0.5, 0.6) is 0 Å². The fraction of sp³-hybridized carbons (Fsp3) is 0.263. The number of carboxylic acids is 1. The van der Waals surface area contributed by atoms with Gasteiger partial charge in [-0.3, -0.25) is 4.79 Å². The summed E-state index contributed by atoms with van der Waals surface area (Å²) >= 11 is 0. The Hall–Kier alpha value is -2.71. The van der Waals surface area contributed by atoms with E-state index < -0.39 is 16.0 Å². The van der Waals surface area contributed by atoms with Crippen molar-refractivity contribution >= 4 is 21.9 Å². The van der Waals surface area contributed by atoms with E-state index in [1.54, 1.807) is 4.90 Å². The molecule has 0 saturated carbocycles. The third-order valence-electron chi connectivity index (χ3n) is 5.21. The molecule has 1 saturated heterocycles. The summed E-state index contributed by atoms with van der Waals surface area (Å²) in [5, 5.41) is 8.89. The van der Waals surface area contributed by atoms with Crippen LogP contribution >= 0.6 is 0 Å². The number of aromatic carboxylic acids is 1. The monoisotopic (exact) mass is 386 g/mol. The summed E-state index contributed by atoms with van der Waals surface area (Å²) in [6.07, 6.45) is 1.77. The molecule has 0 aliphatic carbocycles. The largest absolute Gasteiger partial charge is 0.478 e. The number of rotatable bonds is 5. The zero-order valence-corrected chi connectivity index (χ0v) is 15.1. The minimum Gasteiger partial charge on any atom is -0.478 e. The number of amides is 1. The molecule has 0 aromatic heterocycles. The average molecular weight is 386 g/mol. The lowest BCUT2D eigenvalue weighted by Crippen LogP contribution is -2.38. The standard InChI is InChI=1S/C19H18N2O5S/c22-18(21-16-9-10-17(21)15-4-2-1-3-14(15)16)11-20-27(25,26)13-7-5-12(6-8-13)19(23)24/h1-8,16-17,20H,9-11H2,(H,23,24). The fourth-order valence-corrected chi connectivity index (χ4v) is 4.97. The normalized spacial score (nSPS) is 20.5. The van der Waals surface area contributed by atoms with Crippen LogP contribution in [0.1, 0.15) is 46.4 Å². The van der Waals surface area contributed by atoms with E-state index in [0.29, 0.717) is 0 Å². The van der Waals surface area contributed by atoms with Gasteiger partial charge >= 0.3 is 5.97 Å². The summed E-state index contributed by atoms with van der Waals surface area (Å²) in [6, 6.07) is 12.8. The summed E-state index contributed by atoms with van der Waals surface area (Å²) in [7, 11) is -3.90. The van der Waals surface area contributed by atoms with Crippen LogP contribution in [0.4, 0.5) is 0 Å². The highest BCUT2D eigenvalue weighted by Crippen LogP contribution is 2.52. The lowest BCUT2D eigenvalue weighted by Gasteiger charge is -2.22. The summed E-state index contributed by atoms with van der Waals surface area (Å²) in [6.45, 7) is -0.329. The lowest BCUT2D eigenvalue weighted by molar-refractivity contribution is -0.132. The molecule has 27 heavy (non-hydrogen) atoms. The molecule has 0 radical (unpaired) electrons. The Morgan fingerprint density at radius 2 is 1.56 bits per heavy atom. The van der Waals surface area contributed by atoms with Crippen molar-refractivity contribution in [2.75, 3.05) is 6.54 Å². The van der Waals surface area contributed by atoms with Gasteiger partial charge in [-0.1, -0.05) is 24.3 Å². The van der Waals surface area contributed by atoms with Gasteiger partial charge in [0.15, 0.2) is 0 Å². The van der Waals surface area contributed by atoms with E-state index in [1.165, 1.54) is 24.3 Å². The topological polar surface area (TPSA) is 104 Å². The molecule has 2 aliphatic heterocycles. The molecular formula is C19H18N2O5S. The molecule has 4 rings (SSSR count). The highest BCUT2D eigenvalue weighted by Gasteiger charge is 2.45. The number of carbonyl (C=O) groups excluding carboxylic acids is 1. The van der Waals surface area contributed by atoms with Crippen LogP contribution in [-0.4, -0.2) is 36.8 Å². The SMILES string of the molecule is O=C(O)c1ccc(S(=O)(=O)NCC(=O)N2C3CCC2c2ccccc23)cc1. The first-order valence-electron chi connectivity index (χ1n) is 8.61. The smallest absolute Gasteiger partial charge is 0.335 e. The molecule has 2 aromatic carbocycles. The summed E-state index contributed by atoms with van der Waals surface area (Å²) < 4.78 is 27.1. The summed E-state index contributed by atoms with van der Waals surface area (Å²) in [5.74, 6) is -1.39. The van der Waals surface area contributed by atoms with E-state index in [2.05, 4.69) is 4.72 Å². The van der Waals surface area contributed by atoms with Crippen LogP contribution in [0.3, 0.4) is 0 Å². The molecule has 2 unspecified atom stereocenters. The third-order valence-corrected chi connectivity index (χ3v) is 6.63. The number of carbonyl (C=O) groups is 2. The number of nitrogens with zero attached hydrogens (tertiary/aromatic N) is 1. The second kappa shape index (κ2) is 6.47. The average Bonchev–Trinajstić information content (AvgIpc) is 3.24. The van der Waals surface area contributed by atoms with Gasteiger partial charge in [-0.25, -0.2) is 17.9 Å². The molecule has 2 atom stereocenters. The van der Waals surface area contributed by atoms with Crippen molar-refractivity contribution in [1.29, 1.82) is 0 Å². The zero-order chi connectivity index (χ0) is 19.2. The van der Waals surface area contributed by atoms with Crippen LogP contribution in [0, 0.1) is 0 Å². The Bertz CT molecular complexity index is 986. The van der Waals surface area contributed by atoms with Gasteiger partial charge < -0.3 is 10.0 Å². The van der Waals surface area contributed by atoms with Gasteiger partial charge in [-0.2, -0.15) is 0 Å². The van der Waals surface area contributed by atoms with Gasteiger partial charge in [-0.15, -0.1) is 0 Å². The van der Waals surface area contributed by atoms with Gasteiger partial charge in [0, 0.05) is 0 Å². The van der Waals surface area contributed by atoms with Crippen molar-refractivity contribution in [3.8, 4) is 0 Å². The molecule has 2 aliphatic rings. The van der Waals surface area contributed by atoms with Gasteiger partial charge in [0.05, 0.1) is 29.1 Å². The summed E-state index contributed by atoms with van der Waals surface area (Å²) in [4.78, 5) is 25.3. The Morgan fingerprint density at radius 1 is 1.00 bits per heavy atom. The summed E-state index contributed by atoms with van der Waals surface area (Å²) in [5.41, 5.74) is 2.29. The van der Waals surface area contributed by atoms with Crippen molar-refractivity contribution in [2.24, 2.45) is 0 Å². The van der Waals surface area contributed by atoms with Crippen LogP contribution < -0.4 is 4.72 Å². The van der Waals surface area contributed by atoms with Gasteiger partial charge in [-0.05, 0) is 48.2 Å². The van der Waals surface area contributed by atoms with Crippen LogP contribution in [0.15, 0.2) is 53.4 Å². The zero-order valence-electron chi connectivity index (χ0n) is 14.3. The van der Waals surface area contributed by atoms with E-state index in [4.69, 9.17) is 5.11 Å². The first-order valence-corrected chi connectivity index (χ1v) is 10.1. The number of hydrogen-bond donors (Lipinski definition) is 2. The van der Waals surface area contributed by atoms with Crippen molar-refractivity contribution < 1.29 is 23.1 Å². The van der Waals surface area contributed by atoms with Crippen LogP contribution in [-0.2, 0) is 14.8 Å². The molecule has 0 spiro atoms. The predicted octanol–water partition coefficient (Wildman–Crippen LogP) is 2.08. The van der Waals surface area contributed by atoms with Crippen molar-refractivity contribution in [3.63, 3.8) is 0 Å².